The molecule has 1 aliphatic rings. The highest BCUT2D eigenvalue weighted by Gasteiger charge is 2.35. The number of nitrogens with zero attached hydrogens (tertiary/aromatic N) is 2. The van der Waals surface area contributed by atoms with Crippen molar-refractivity contribution >= 4 is 0 Å². The van der Waals surface area contributed by atoms with Gasteiger partial charge in [0, 0.05) is 7.11 Å². The van der Waals surface area contributed by atoms with Crippen molar-refractivity contribution in [3.8, 4) is 23.4 Å². The topological polar surface area (TPSA) is 126 Å². The molecular weight excluding hydrogens is 312 g/mol. The van der Waals surface area contributed by atoms with Gasteiger partial charge in [-0.3, -0.25) is 5.10 Å². The van der Waals surface area contributed by atoms with E-state index in [0.717, 1.165) is 0 Å². The van der Waals surface area contributed by atoms with Crippen LogP contribution in [0.15, 0.2) is 29.7 Å². The van der Waals surface area contributed by atoms with Crippen LogP contribution in [0.1, 0.15) is 22.7 Å². The number of allylic oxidation sites excluding steroid dienone is 1. The quantitative estimate of drug-likeness (QED) is 0.776. The number of hydrogen-bond acceptors (Lipinski definition) is 7. The molecule has 2 aromatic rings. The molecule has 3 rings (SSSR count). The van der Waals surface area contributed by atoms with Crippen LogP contribution < -0.4 is 15.2 Å². The number of methoxy groups -OCH3 is 2. The summed E-state index contributed by atoms with van der Waals surface area (Å²) in [5.74, 6) is 0.103. The second kappa shape index (κ2) is 6.14. The molecular formula is C16H16N4O4. The van der Waals surface area contributed by atoms with Crippen LogP contribution in [0.25, 0.3) is 0 Å². The monoisotopic (exact) mass is 328 g/mol. The molecule has 0 fully saturated rings. The number of nitrogens with two attached hydrogens (primary N) is 1. The first kappa shape index (κ1) is 15.7. The van der Waals surface area contributed by atoms with Gasteiger partial charge in [-0.1, -0.05) is 6.07 Å². The third-order valence-electron chi connectivity index (χ3n) is 3.84. The van der Waals surface area contributed by atoms with Crippen molar-refractivity contribution in [1.29, 1.82) is 5.26 Å². The number of phenolic OH excluding ortho intramolecular Hbond substituents is 1. The van der Waals surface area contributed by atoms with Crippen molar-refractivity contribution in [2.45, 2.75) is 12.5 Å². The van der Waals surface area contributed by atoms with E-state index in [4.69, 9.17) is 19.9 Å². The predicted octanol–water partition coefficient (Wildman–Crippen LogP) is 1.49. The molecule has 2 heterocycles. The van der Waals surface area contributed by atoms with Crippen molar-refractivity contribution in [3.05, 3.63) is 46.5 Å². The first-order valence-corrected chi connectivity index (χ1v) is 7.11. The summed E-state index contributed by atoms with van der Waals surface area (Å²) in [6, 6.07) is 6.96. The minimum Gasteiger partial charge on any atom is -0.504 e. The number of nitriles is 1. The number of phenols is 1. The zero-order chi connectivity index (χ0) is 17.3. The van der Waals surface area contributed by atoms with Gasteiger partial charge in [0.2, 0.25) is 11.8 Å². The van der Waals surface area contributed by atoms with Crippen molar-refractivity contribution in [3.63, 3.8) is 0 Å². The molecule has 0 saturated heterocycles. The fourth-order valence-electron chi connectivity index (χ4n) is 2.77. The third kappa shape index (κ3) is 2.41. The molecule has 24 heavy (non-hydrogen) atoms. The van der Waals surface area contributed by atoms with Crippen LogP contribution >= 0.6 is 0 Å². The summed E-state index contributed by atoms with van der Waals surface area (Å²) in [6.45, 7) is 0.274. The maximum Gasteiger partial charge on any atom is 0.244 e. The maximum atomic E-state index is 9.81. The Morgan fingerprint density at radius 1 is 1.46 bits per heavy atom. The van der Waals surface area contributed by atoms with Crippen LogP contribution in [0.4, 0.5) is 0 Å². The van der Waals surface area contributed by atoms with Crippen molar-refractivity contribution in [2.75, 3.05) is 14.2 Å². The average molecular weight is 328 g/mol. The zero-order valence-corrected chi connectivity index (χ0v) is 13.2. The van der Waals surface area contributed by atoms with Crippen molar-refractivity contribution in [2.24, 2.45) is 5.73 Å². The van der Waals surface area contributed by atoms with Gasteiger partial charge in [0.05, 0.1) is 30.9 Å². The van der Waals surface area contributed by atoms with E-state index in [1.54, 1.807) is 19.2 Å². The van der Waals surface area contributed by atoms with Crippen LogP contribution in [-0.4, -0.2) is 29.5 Å². The summed E-state index contributed by atoms with van der Waals surface area (Å²) in [4.78, 5) is 0. The third-order valence-corrected chi connectivity index (χ3v) is 3.84. The molecule has 0 amide bonds. The Morgan fingerprint density at radius 2 is 2.25 bits per heavy atom. The highest BCUT2D eigenvalue weighted by molar-refractivity contribution is 5.57. The molecule has 8 heteroatoms. The Balaban J connectivity index is 2.21. The van der Waals surface area contributed by atoms with Gasteiger partial charge in [-0.05, 0) is 17.7 Å². The molecule has 4 N–H and O–H groups in total. The summed E-state index contributed by atoms with van der Waals surface area (Å²) >= 11 is 0. The zero-order valence-electron chi connectivity index (χ0n) is 13.2. The number of ether oxygens (including phenoxy) is 3. The smallest absolute Gasteiger partial charge is 0.244 e. The van der Waals surface area contributed by atoms with E-state index in [0.29, 0.717) is 28.5 Å². The van der Waals surface area contributed by atoms with Gasteiger partial charge in [0.15, 0.2) is 11.5 Å². The van der Waals surface area contributed by atoms with Crippen LogP contribution in [0, 0.1) is 11.3 Å². The largest absolute Gasteiger partial charge is 0.504 e. The summed E-state index contributed by atoms with van der Waals surface area (Å²) < 4.78 is 15.8. The van der Waals surface area contributed by atoms with E-state index in [2.05, 4.69) is 16.3 Å². The van der Waals surface area contributed by atoms with Gasteiger partial charge in [-0.2, -0.15) is 5.26 Å². The number of fused-ring (bicyclic) bond motifs is 1. The van der Waals surface area contributed by atoms with Crippen LogP contribution in [-0.2, 0) is 11.3 Å². The molecule has 1 atom stereocenters. The molecule has 0 bridgehead atoms. The highest BCUT2D eigenvalue weighted by atomic mass is 16.5. The van der Waals surface area contributed by atoms with Gasteiger partial charge in [-0.25, -0.2) is 0 Å². The van der Waals surface area contributed by atoms with Crippen LogP contribution in [0.3, 0.4) is 0 Å². The van der Waals surface area contributed by atoms with E-state index in [9.17, 15) is 10.4 Å². The van der Waals surface area contributed by atoms with E-state index in [1.807, 2.05) is 0 Å². The molecule has 124 valence electrons. The van der Waals surface area contributed by atoms with E-state index in [1.165, 1.54) is 13.2 Å². The number of rotatable bonds is 4. The van der Waals surface area contributed by atoms with Crippen molar-refractivity contribution < 1.29 is 19.3 Å². The number of aromatic hydroxyl groups is 1. The second-order valence-electron chi connectivity index (χ2n) is 5.21. The van der Waals surface area contributed by atoms with Gasteiger partial charge >= 0.3 is 0 Å². The summed E-state index contributed by atoms with van der Waals surface area (Å²) in [7, 11) is 3.02. The van der Waals surface area contributed by atoms with Gasteiger partial charge in [0.1, 0.15) is 11.6 Å². The molecule has 1 aliphatic heterocycles. The second-order valence-corrected chi connectivity index (χ2v) is 5.21. The lowest BCUT2D eigenvalue weighted by Crippen LogP contribution is -2.21. The molecule has 0 aliphatic carbocycles. The minimum absolute atomic E-state index is 0.00231. The lowest BCUT2D eigenvalue weighted by Gasteiger charge is -2.24. The Labute approximate surface area is 138 Å². The number of nitrogens with one attached hydrogen (secondary N) is 1. The van der Waals surface area contributed by atoms with Gasteiger partial charge in [-0.15, -0.1) is 5.10 Å². The van der Waals surface area contributed by atoms with E-state index >= 15 is 0 Å². The number of aromatic nitrogens is 2. The standard InChI is InChI=1S/C16H16N4O4/c1-22-7-10-14-13(8-3-4-11(21)12(5-8)23-2)9(6-17)15(18)24-16(14)20-19-10/h3-5,13,21H,7,18H2,1-2H3,(H,19,20)/t13-/m0/s1. The molecule has 1 aromatic heterocycles. The Morgan fingerprint density at radius 3 is 2.92 bits per heavy atom. The fraction of sp³-hybridized carbons (Fsp3) is 0.250. The molecule has 1 aromatic carbocycles. The fourth-order valence-corrected chi connectivity index (χ4v) is 2.77. The van der Waals surface area contributed by atoms with Crippen molar-refractivity contribution in [1.82, 2.24) is 10.2 Å². The number of hydrogen-bond donors (Lipinski definition) is 3. The first-order valence-electron chi connectivity index (χ1n) is 7.11. The SMILES string of the molecule is COCc1[nH]nc2c1[C@@H](c1ccc(O)c(OC)c1)C(C#N)=C(N)O2. The number of aromatic amines is 1. The first-order chi connectivity index (χ1) is 11.6. The van der Waals surface area contributed by atoms with Gasteiger partial charge < -0.3 is 25.1 Å². The highest BCUT2D eigenvalue weighted by Crippen LogP contribution is 2.44. The summed E-state index contributed by atoms with van der Waals surface area (Å²) in [5, 5.41) is 26.3. The summed E-state index contributed by atoms with van der Waals surface area (Å²) in [5.41, 5.74) is 8.22. The van der Waals surface area contributed by atoms with E-state index in [-0.39, 0.29) is 23.8 Å². The van der Waals surface area contributed by atoms with E-state index < -0.39 is 5.92 Å². The molecule has 0 saturated carbocycles. The Bertz CT molecular complexity index is 850. The molecule has 0 radical (unpaired) electrons. The Kier molecular flexibility index (Phi) is 4.02. The molecule has 0 spiro atoms. The number of H-pyrrole nitrogens is 1. The van der Waals surface area contributed by atoms with Gasteiger partial charge in [0.25, 0.3) is 0 Å². The number of benzene rings is 1. The lowest BCUT2D eigenvalue weighted by atomic mass is 9.84. The molecule has 0 unspecified atom stereocenters. The predicted molar refractivity (Wildman–Crippen MR) is 83.3 cm³/mol. The minimum atomic E-state index is -0.503. The lowest BCUT2D eigenvalue weighted by molar-refractivity contribution is 0.180. The Hall–Kier alpha value is -3.18. The molecule has 8 nitrogen and oxygen atoms in total. The normalized spacial score (nSPS) is 16.3. The van der Waals surface area contributed by atoms with Crippen LogP contribution in [0.5, 0.6) is 17.4 Å². The van der Waals surface area contributed by atoms with Crippen LogP contribution in [0.2, 0.25) is 0 Å². The average Bonchev–Trinajstić information content (AvgIpc) is 2.97. The summed E-state index contributed by atoms with van der Waals surface area (Å²) in [6.07, 6.45) is 0. The maximum absolute atomic E-state index is 9.81.